The number of benzene rings is 1. The zero-order chi connectivity index (χ0) is 12.4. The molecule has 92 valence electrons. The number of hydrogen-bond acceptors (Lipinski definition) is 3. The average molecular weight is 235 g/mol. The molecular formula is C13H17NO3. The number of anilines is 1. The van der Waals surface area contributed by atoms with E-state index in [0.717, 1.165) is 11.3 Å². The Balaban J connectivity index is 2.37. The number of nitrogens with zero attached hydrogens (tertiary/aromatic N) is 1. The molecule has 0 aromatic heterocycles. The zero-order valence-electron chi connectivity index (χ0n) is 10.1. The third kappa shape index (κ3) is 2.42. The monoisotopic (exact) mass is 235 g/mol. The summed E-state index contributed by atoms with van der Waals surface area (Å²) in [7, 11) is 0. The molecule has 1 N–H and O–H groups in total. The molecule has 0 bridgehead atoms. The summed E-state index contributed by atoms with van der Waals surface area (Å²) in [5.74, 6) is 1.08. The van der Waals surface area contributed by atoms with Crippen molar-refractivity contribution in [1.82, 2.24) is 0 Å². The third-order valence-corrected chi connectivity index (χ3v) is 2.70. The first kappa shape index (κ1) is 11.9. The molecule has 2 rings (SSSR count). The van der Waals surface area contributed by atoms with E-state index in [1.54, 1.807) is 11.0 Å². The minimum atomic E-state index is -0.0308. The Morgan fingerprint density at radius 2 is 2.24 bits per heavy atom. The fourth-order valence-electron chi connectivity index (χ4n) is 1.91. The van der Waals surface area contributed by atoms with Gasteiger partial charge in [0.05, 0.1) is 12.3 Å². The minimum Gasteiger partial charge on any atom is -0.482 e. The summed E-state index contributed by atoms with van der Waals surface area (Å²) < 4.78 is 5.37. The number of fused-ring (bicyclic) bond motifs is 1. The topological polar surface area (TPSA) is 49.8 Å². The normalized spacial score (nSPS) is 14.8. The van der Waals surface area contributed by atoms with Gasteiger partial charge in [-0.25, -0.2) is 0 Å². The molecule has 1 aliphatic rings. The predicted octanol–water partition coefficient (Wildman–Crippen LogP) is 1.56. The predicted molar refractivity (Wildman–Crippen MR) is 65.1 cm³/mol. The van der Waals surface area contributed by atoms with E-state index >= 15 is 0 Å². The highest BCUT2D eigenvalue weighted by atomic mass is 16.5. The molecule has 1 aromatic rings. The second-order valence-electron chi connectivity index (χ2n) is 4.65. The SMILES string of the molecule is CC(C)CN1C(=O)COc2ccc(CO)cc21. The molecule has 0 unspecified atom stereocenters. The van der Waals surface area contributed by atoms with Gasteiger partial charge in [-0.1, -0.05) is 19.9 Å². The van der Waals surface area contributed by atoms with Gasteiger partial charge in [0.25, 0.3) is 5.91 Å². The van der Waals surface area contributed by atoms with Crippen LogP contribution in [0.3, 0.4) is 0 Å². The van der Waals surface area contributed by atoms with Crippen molar-refractivity contribution in [2.45, 2.75) is 20.5 Å². The second kappa shape index (κ2) is 4.75. The summed E-state index contributed by atoms with van der Waals surface area (Å²) in [6.45, 7) is 4.87. The van der Waals surface area contributed by atoms with Gasteiger partial charge in [-0.05, 0) is 23.6 Å². The highest BCUT2D eigenvalue weighted by Crippen LogP contribution is 2.33. The van der Waals surface area contributed by atoms with Crippen molar-refractivity contribution in [1.29, 1.82) is 0 Å². The van der Waals surface area contributed by atoms with E-state index in [1.165, 1.54) is 0 Å². The fourth-order valence-corrected chi connectivity index (χ4v) is 1.91. The van der Waals surface area contributed by atoms with E-state index in [0.29, 0.717) is 18.2 Å². The van der Waals surface area contributed by atoms with Crippen molar-refractivity contribution in [3.05, 3.63) is 23.8 Å². The van der Waals surface area contributed by atoms with Crippen molar-refractivity contribution in [3.63, 3.8) is 0 Å². The molecule has 0 fully saturated rings. The molecule has 4 nitrogen and oxygen atoms in total. The summed E-state index contributed by atoms with van der Waals surface area (Å²) in [4.78, 5) is 13.6. The van der Waals surface area contributed by atoms with E-state index in [1.807, 2.05) is 12.1 Å². The summed E-state index contributed by atoms with van der Waals surface area (Å²) >= 11 is 0. The van der Waals surface area contributed by atoms with Crippen LogP contribution in [0.1, 0.15) is 19.4 Å². The highest BCUT2D eigenvalue weighted by molar-refractivity contribution is 5.97. The van der Waals surface area contributed by atoms with E-state index in [9.17, 15) is 4.79 Å². The van der Waals surface area contributed by atoms with Gasteiger partial charge in [-0.2, -0.15) is 0 Å². The Kier molecular flexibility index (Phi) is 3.33. The molecular weight excluding hydrogens is 218 g/mol. The molecule has 0 saturated heterocycles. The quantitative estimate of drug-likeness (QED) is 0.865. The van der Waals surface area contributed by atoms with E-state index < -0.39 is 0 Å². The molecule has 4 heteroatoms. The van der Waals surface area contributed by atoms with Crippen molar-refractivity contribution < 1.29 is 14.6 Å². The molecule has 1 heterocycles. The smallest absolute Gasteiger partial charge is 0.265 e. The minimum absolute atomic E-state index is 0.0266. The fraction of sp³-hybridized carbons (Fsp3) is 0.462. The lowest BCUT2D eigenvalue weighted by Crippen LogP contribution is -2.41. The Bertz CT molecular complexity index is 429. The van der Waals surface area contributed by atoms with Gasteiger partial charge < -0.3 is 14.7 Å². The van der Waals surface area contributed by atoms with E-state index in [4.69, 9.17) is 9.84 Å². The summed E-state index contributed by atoms with van der Waals surface area (Å²) in [5, 5.41) is 9.13. The van der Waals surface area contributed by atoms with Crippen LogP contribution in [0, 0.1) is 5.92 Å². The van der Waals surface area contributed by atoms with Crippen LogP contribution in [0.25, 0.3) is 0 Å². The first-order chi connectivity index (χ1) is 8.11. The molecule has 17 heavy (non-hydrogen) atoms. The van der Waals surface area contributed by atoms with Crippen molar-refractivity contribution >= 4 is 11.6 Å². The maximum absolute atomic E-state index is 11.8. The van der Waals surface area contributed by atoms with Gasteiger partial charge in [0.1, 0.15) is 5.75 Å². The lowest BCUT2D eigenvalue weighted by Gasteiger charge is -2.31. The largest absolute Gasteiger partial charge is 0.482 e. The molecule has 0 saturated carbocycles. The zero-order valence-corrected chi connectivity index (χ0v) is 10.1. The van der Waals surface area contributed by atoms with Gasteiger partial charge in [-0.3, -0.25) is 4.79 Å². The van der Waals surface area contributed by atoms with Crippen LogP contribution < -0.4 is 9.64 Å². The number of carbonyl (C=O) groups excluding carboxylic acids is 1. The lowest BCUT2D eigenvalue weighted by atomic mass is 10.1. The van der Waals surface area contributed by atoms with Crippen molar-refractivity contribution in [3.8, 4) is 5.75 Å². The first-order valence-electron chi connectivity index (χ1n) is 5.78. The summed E-state index contributed by atoms with van der Waals surface area (Å²) in [5.41, 5.74) is 1.55. The summed E-state index contributed by atoms with van der Waals surface area (Å²) in [6, 6.07) is 5.43. The van der Waals surface area contributed by atoms with Crippen LogP contribution in [0.5, 0.6) is 5.75 Å². The number of aliphatic hydroxyl groups is 1. The molecule has 1 aromatic carbocycles. The molecule has 0 radical (unpaired) electrons. The Morgan fingerprint density at radius 3 is 2.88 bits per heavy atom. The van der Waals surface area contributed by atoms with Crippen LogP contribution in [0.4, 0.5) is 5.69 Å². The van der Waals surface area contributed by atoms with Gasteiger partial charge in [0, 0.05) is 6.54 Å². The number of ether oxygens (including phenoxy) is 1. The summed E-state index contributed by atoms with van der Waals surface area (Å²) in [6.07, 6.45) is 0. The van der Waals surface area contributed by atoms with E-state index in [-0.39, 0.29) is 19.1 Å². The third-order valence-electron chi connectivity index (χ3n) is 2.70. The Labute approximate surface area is 101 Å². The molecule has 0 spiro atoms. The van der Waals surface area contributed by atoms with Gasteiger partial charge in [0.2, 0.25) is 0 Å². The standard InChI is InChI=1S/C13H17NO3/c1-9(2)6-14-11-5-10(7-15)3-4-12(11)17-8-13(14)16/h3-5,9,15H,6-8H2,1-2H3. The lowest BCUT2D eigenvalue weighted by molar-refractivity contribution is -0.121. The number of carbonyl (C=O) groups is 1. The van der Waals surface area contributed by atoms with Gasteiger partial charge in [-0.15, -0.1) is 0 Å². The van der Waals surface area contributed by atoms with E-state index in [2.05, 4.69) is 13.8 Å². The molecule has 1 amide bonds. The van der Waals surface area contributed by atoms with Crippen molar-refractivity contribution in [2.24, 2.45) is 5.92 Å². The number of amides is 1. The van der Waals surface area contributed by atoms with Gasteiger partial charge >= 0.3 is 0 Å². The average Bonchev–Trinajstić information content (AvgIpc) is 2.32. The number of rotatable bonds is 3. The molecule has 0 atom stereocenters. The molecule has 0 aliphatic carbocycles. The Morgan fingerprint density at radius 1 is 1.47 bits per heavy atom. The maximum Gasteiger partial charge on any atom is 0.265 e. The highest BCUT2D eigenvalue weighted by Gasteiger charge is 2.26. The maximum atomic E-state index is 11.8. The Hall–Kier alpha value is -1.55. The van der Waals surface area contributed by atoms with Crippen LogP contribution >= 0.6 is 0 Å². The van der Waals surface area contributed by atoms with Crippen LogP contribution in [-0.4, -0.2) is 24.2 Å². The molecule has 1 aliphatic heterocycles. The second-order valence-corrected chi connectivity index (χ2v) is 4.65. The number of aliphatic hydroxyl groups excluding tert-OH is 1. The first-order valence-corrected chi connectivity index (χ1v) is 5.78. The van der Waals surface area contributed by atoms with Crippen molar-refractivity contribution in [2.75, 3.05) is 18.1 Å². The van der Waals surface area contributed by atoms with Crippen LogP contribution in [0.2, 0.25) is 0 Å². The van der Waals surface area contributed by atoms with Crippen LogP contribution in [-0.2, 0) is 11.4 Å². The number of hydrogen-bond donors (Lipinski definition) is 1. The van der Waals surface area contributed by atoms with Crippen LogP contribution in [0.15, 0.2) is 18.2 Å². The van der Waals surface area contributed by atoms with Gasteiger partial charge in [0.15, 0.2) is 6.61 Å².